The summed E-state index contributed by atoms with van der Waals surface area (Å²) in [6.45, 7) is 2.70. The molecule has 0 aromatic heterocycles. The summed E-state index contributed by atoms with van der Waals surface area (Å²) in [5.74, 6) is 0.525. The van der Waals surface area contributed by atoms with Crippen LogP contribution in [0.1, 0.15) is 11.1 Å². The van der Waals surface area contributed by atoms with Gasteiger partial charge in [0.05, 0.1) is 12.7 Å². The molecule has 0 fully saturated rings. The van der Waals surface area contributed by atoms with Crippen molar-refractivity contribution in [1.82, 2.24) is 0 Å². The molecule has 0 unspecified atom stereocenters. The van der Waals surface area contributed by atoms with Gasteiger partial charge in [0.2, 0.25) is 0 Å². The molecule has 0 aliphatic rings. The van der Waals surface area contributed by atoms with Crippen molar-refractivity contribution in [3.63, 3.8) is 0 Å². The maximum Gasteiger partial charge on any atom is 0.0811 e. The number of benzene rings is 1. The molecule has 1 aromatic carbocycles. The van der Waals surface area contributed by atoms with Crippen molar-refractivity contribution in [2.45, 2.75) is 19.6 Å². The minimum absolute atomic E-state index is 0.0953. The third kappa shape index (κ3) is 3.99. The van der Waals surface area contributed by atoms with Crippen molar-refractivity contribution in [1.29, 1.82) is 0 Å². The van der Waals surface area contributed by atoms with Crippen molar-refractivity contribution >= 4 is 27.5 Å². The Hall–Kier alpha value is -0.0500. The first-order valence-corrected chi connectivity index (χ1v) is 6.21. The van der Waals surface area contributed by atoms with Gasteiger partial charge in [-0.25, -0.2) is 0 Å². The molecule has 0 heterocycles. The Kier molecular flexibility index (Phi) is 5.53. The van der Waals surface area contributed by atoms with E-state index in [4.69, 9.17) is 16.3 Å². The van der Waals surface area contributed by atoms with Crippen LogP contribution in [0.4, 0.5) is 0 Å². The highest BCUT2D eigenvalue weighted by Crippen LogP contribution is 2.08. The number of rotatable bonds is 5. The quantitative estimate of drug-likeness (QED) is 0.748. The fourth-order valence-electron chi connectivity index (χ4n) is 1.03. The Morgan fingerprint density at radius 1 is 1.36 bits per heavy atom. The number of halogens is 2. The van der Waals surface area contributed by atoms with Gasteiger partial charge in [0.25, 0.3) is 0 Å². The molecule has 0 amide bonds. The van der Waals surface area contributed by atoms with Crippen molar-refractivity contribution in [2.24, 2.45) is 0 Å². The van der Waals surface area contributed by atoms with Gasteiger partial charge in [-0.3, -0.25) is 0 Å². The van der Waals surface area contributed by atoms with Crippen molar-refractivity contribution in [3.05, 3.63) is 35.4 Å². The Morgan fingerprint density at radius 2 is 2.00 bits per heavy atom. The summed E-state index contributed by atoms with van der Waals surface area (Å²) in [4.78, 5) is 0. The smallest absolute Gasteiger partial charge is 0.0811 e. The minimum Gasteiger partial charge on any atom is -0.371 e. The summed E-state index contributed by atoms with van der Waals surface area (Å²) in [6, 6.07) is 8.33. The SMILES string of the molecule is Cc1ccc(CO[C@@H](CCl)CBr)cc1. The molecular formula is C11H14BrClO. The lowest BCUT2D eigenvalue weighted by Crippen LogP contribution is -2.16. The highest BCUT2D eigenvalue weighted by Gasteiger charge is 2.05. The van der Waals surface area contributed by atoms with Gasteiger partial charge in [0.15, 0.2) is 0 Å². The summed E-state index contributed by atoms with van der Waals surface area (Å²) in [5.41, 5.74) is 2.45. The van der Waals surface area contributed by atoms with E-state index in [2.05, 4.69) is 47.1 Å². The maximum absolute atomic E-state index is 5.70. The molecule has 1 nitrogen and oxygen atoms in total. The minimum atomic E-state index is 0.0953. The molecular weight excluding hydrogens is 263 g/mol. The first-order chi connectivity index (χ1) is 6.76. The van der Waals surface area contributed by atoms with Crippen LogP contribution in [-0.4, -0.2) is 17.3 Å². The Labute approximate surface area is 98.5 Å². The molecule has 0 spiro atoms. The number of hydrogen-bond donors (Lipinski definition) is 0. The van der Waals surface area contributed by atoms with Crippen molar-refractivity contribution in [2.75, 3.05) is 11.2 Å². The van der Waals surface area contributed by atoms with E-state index in [0.29, 0.717) is 12.5 Å². The largest absolute Gasteiger partial charge is 0.371 e. The van der Waals surface area contributed by atoms with E-state index < -0.39 is 0 Å². The van der Waals surface area contributed by atoms with Gasteiger partial charge in [-0.1, -0.05) is 45.8 Å². The molecule has 1 atom stereocenters. The number of aryl methyl sites for hydroxylation is 1. The van der Waals surface area contributed by atoms with Crippen LogP contribution in [0.25, 0.3) is 0 Å². The highest BCUT2D eigenvalue weighted by molar-refractivity contribution is 9.09. The Bertz CT molecular complexity index is 256. The second kappa shape index (κ2) is 6.44. The summed E-state index contributed by atoms with van der Waals surface area (Å²) >= 11 is 9.06. The molecule has 0 radical (unpaired) electrons. The predicted octanol–water partition coefficient (Wildman–Crippen LogP) is 3.51. The van der Waals surface area contributed by atoms with Gasteiger partial charge in [-0.2, -0.15) is 0 Å². The Balaban J connectivity index is 2.41. The first-order valence-electron chi connectivity index (χ1n) is 4.55. The van der Waals surface area contributed by atoms with Crippen LogP contribution in [0.3, 0.4) is 0 Å². The third-order valence-electron chi connectivity index (χ3n) is 1.95. The van der Waals surface area contributed by atoms with E-state index >= 15 is 0 Å². The van der Waals surface area contributed by atoms with Crippen LogP contribution in [0.15, 0.2) is 24.3 Å². The van der Waals surface area contributed by atoms with Crippen LogP contribution in [0.2, 0.25) is 0 Å². The Morgan fingerprint density at radius 3 is 2.50 bits per heavy atom. The lowest BCUT2D eigenvalue weighted by molar-refractivity contribution is 0.0717. The van der Waals surface area contributed by atoms with Crippen LogP contribution in [0.5, 0.6) is 0 Å². The second-order valence-corrected chi connectivity index (χ2v) is 4.18. The van der Waals surface area contributed by atoms with Gasteiger partial charge in [0, 0.05) is 11.2 Å². The zero-order chi connectivity index (χ0) is 10.4. The fraction of sp³-hybridized carbons (Fsp3) is 0.455. The second-order valence-electron chi connectivity index (χ2n) is 3.23. The lowest BCUT2D eigenvalue weighted by Gasteiger charge is -2.11. The zero-order valence-electron chi connectivity index (χ0n) is 8.17. The van der Waals surface area contributed by atoms with Gasteiger partial charge in [-0.15, -0.1) is 11.6 Å². The van der Waals surface area contributed by atoms with Gasteiger partial charge >= 0.3 is 0 Å². The summed E-state index contributed by atoms with van der Waals surface area (Å²) in [5, 5.41) is 0.780. The third-order valence-corrected chi connectivity index (χ3v) is 3.02. The summed E-state index contributed by atoms with van der Waals surface area (Å²) in [7, 11) is 0. The summed E-state index contributed by atoms with van der Waals surface area (Å²) < 4.78 is 5.59. The van der Waals surface area contributed by atoms with Gasteiger partial charge in [-0.05, 0) is 12.5 Å². The molecule has 0 aliphatic carbocycles. The lowest BCUT2D eigenvalue weighted by atomic mass is 10.2. The molecule has 3 heteroatoms. The fourth-order valence-corrected chi connectivity index (χ4v) is 1.91. The number of hydrogen-bond acceptors (Lipinski definition) is 1. The molecule has 1 rings (SSSR count). The van der Waals surface area contributed by atoms with Crippen LogP contribution < -0.4 is 0 Å². The van der Waals surface area contributed by atoms with E-state index in [0.717, 1.165) is 5.33 Å². The van der Waals surface area contributed by atoms with E-state index in [1.54, 1.807) is 0 Å². The normalized spacial score (nSPS) is 12.8. The average molecular weight is 278 g/mol. The number of alkyl halides is 2. The topological polar surface area (TPSA) is 9.23 Å². The van der Waals surface area contributed by atoms with Crippen LogP contribution in [0, 0.1) is 6.92 Å². The van der Waals surface area contributed by atoms with E-state index in [1.165, 1.54) is 11.1 Å². The number of ether oxygens (including phenoxy) is 1. The van der Waals surface area contributed by atoms with E-state index in [9.17, 15) is 0 Å². The van der Waals surface area contributed by atoms with Gasteiger partial charge in [0.1, 0.15) is 0 Å². The molecule has 0 bridgehead atoms. The van der Waals surface area contributed by atoms with E-state index in [1.807, 2.05) is 0 Å². The standard InChI is InChI=1S/C11H14BrClO/c1-9-2-4-10(5-3-9)8-14-11(6-12)7-13/h2-5,11H,6-8H2,1H3/t11-/m1/s1. The highest BCUT2D eigenvalue weighted by atomic mass is 79.9. The average Bonchev–Trinajstić information content (AvgIpc) is 2.22. The monoisotopic (exact) mass is 276 g/mol. The molecule has 1 aromatic rings. The molecule has 0 aliphatic heterocycles. The van der Waals surface area contributed by atoms with Crippen molar-refractivity contribution in [3.8, 4) is 0 Å². The van der Waals surface area contributed by atoms with Gasteiger partial charge < -0.3 is 4.74 Å². The van der Waals surface area contributed by atoms with Crippen molar-refractivity contribution < 1.29 is 4.74 Å². The molecule has 78 valence electrons. The molecule has 0 saturated heterocycles. The molecule has 0 saturated carbocycles. The van der Waals surface area contributed by atoms with Crippen LogP contribution >= 0.6 is 27.5 Å². The van der Waals surface area contributed by atoms with Crippen LogP contribution in [-0.2, 0) is 11.3 Å². The first kappa shape index (κ1) is 12.0. The molecule has 0 N–H and O–H groups in total. The zero-order valence-corrected chi connectivity index (χ0v) is 10.5. The van der Waals surface area contributed by atoms with E-state index in [-0.39, 0.29) is 6.10 Å². The maximum atomic E-state index is 5.70. The molecule has 14 heavy (non-hydrogen) atoms. The summed E-state index contributed by atoms with van der Waals surface area (Å²) in [6.07, 6.45) is 0.0953. The predicted molar refractivity (Wildman–Crippen MR) is 64.3 cm³/mol.